The van der Waals surface area contributed by atoms with Crippen molar-refractivity contribution in [1.82, 2.24) is 0 Å². The summed E-state index contributed by atoms with van der Waals surface area (Å²) in [7, 11) is -3.46. The summed E-state index contributed by atoms with van der Waals surface area (Å²) in [6.45, 7) is 5.00. The summed E-state index contributed by atoms with van der Waals surface area (Å²) in [5, 5.41) is 0. The summed E-state index contributed by atoms with van der Waals surface area (Å²) in [4.78, 5) is 14.4. The molecular weight excluding hydrogens is 359 g/mol. The van der Waals surface area contributed by atoms with E-state index in [9.17, 15) is 17.6 Å². The minimum Gasteiger partial charge on any atom is -0.476 e. The lowest BCUT2D eigenvalue weighted by atomic mass is 10.0. The molecule has 1 aliphatic rings. The van der Waals surface area contributed by atoms with Crippen LogP contribution in [0.1, 0.15) is 19.4 Å². The quantitative estimate of drug-likeness (QED) is 0.889. The molecule has 2 aromatic rings. The number of rotatable bonds is 3. The maximum Gasteiger partial charge on any atom is 0.275 e. The molecule has 0 bridgehead atoms. The summed E-state index contributed by atoms with van der Waals surface area (Å²) in [5.74, 6) is -0.341. The highest BCUT2D eigenvalue weighted by Gasteiger charge is 2.42. The average Bonchev–Trinajstić information content (AvgIpc) is 2.48. The fourth-order valence-electron chi connectivity index (χ4n) is 2.91. The number of amides is 1. The number of nitrogens with one attached hydrogen (secondary N) is 1. The molecule has 0 saturated heterocycles. The SMILES string of the molecule is Cc1cc(NS(C)(=O)=O)cc2c1N(c1ccc(F)cc1)C(=O)C(C)(C)O2. The largest absolute Gasteiger partial charge is 0.476 e. The normalized spacial score (nSPS) is 16.0. The number of nitrogens with zero attached hydrogens (tertiary/aromatic N) is 1. The molecule has 6 nitrogen and oxygen atoms in total. The van der Waals surface area contributed by atoms with Crippen molar-refractivity contribution in [3.8, 4) is 5.75 Å². The van der Waals surface area contributed by atoms with E-state index in [0.717, 1.165) is 6.26 Å². The molecule has 1 amide bonds. The molecule has 0 aromatic heterocycles. The van der Waals surface area contributed by atoms with Crippen molar-refractivity contribution in [3.05, 3.63) is 47.8 Å². The van der Waals surface area contributed by atoms with Crippen molar-refractivity contribution in [2.75, 3.05) is 15.9 Å². The topological polar surface area (TPSA) is 75.7 Å². The molecule has 26 heavy (non-hydrogen) atoms. The van der Waals surface area contributed by atoms with Crippen LogP contribution < -0.4 is 14.4 Å². The summed E-state index contributed by atoms with van der Waals surface area (Å²) < 4.78 is 44.6. The predicted octanol–water partition coefficient (Wildman–Crippen LogP) is 3.34. The molecule has 0 aliphatic carbocycles. The van der Waals surface area contributed by atoms with Gasteiger partial charge in [0.05, 0.1) is 17.6 Å². The zero-order valence-electron chi connectivity index (χ0n) is 14.8. The van der Waals surface area contributed by atoms with Crippen LogP contribution in [0.15, 0.2) is 36.4 Å². The Morgan fingerprint density at radius 3 is 2.35 bits per heavy atom. The number of aryl methyl sites for hydroxylation is 1. The van der Waals surface area contributed by atoms with Crippen molar-refractivity contribution >= 4 is 33.0 Å². The van der Waals surface area contributed by atoms with E-state index in [-0.39, 0.29) is 5.91 Å². The van der Waals surface area contributed by atoms with Crippen LogP contribution in [-0.4, -0.2) is 26.2 Å². The van der Waals surface area contributed by atoms with Crippen molar-refractivity contribution in [3.63, 3.8) is 0 Å². The Kier molecular flexibility index (Phi) is 4.18. The van der Waals surface area contributed by atoms with Gasteiger partial charge in [-0.15, -0.1) is 0 Å². The highest BCUT2D eigenvalue weighted by atomic mass is 32.2. The van der Waals surface area contributed by atoms with Gasteiger partial charge in [0.1, 0.15) is 11.6 Å². The van der Waals surface area contributed by atoms with Crippen LogP contribution in [0.25, 0.3) is 0 Å². The summed E-state index contributed by atoms with van der Waals surface area (Å²) in [6.07, 6.45) is 1.06. The number of anilines is 3. The smallest absolute Gasteiger partial charge is 0.275 e. The molecule has 0 fully saturated rings. The number of carbonyl (C=O) groups excluding carboxylic acids is 1. The van der Waals surface area contributed by atoms with Gasteiger partial charge in [-0.1, -0.05) is 0 Å². The number of ether oxygens (including phenoxy) is 1. The first-order valence-corrected chi connectivity index (χ1v) is 9.79. The van der Waals surface area contributed by atoms with Crippen molar-refractivity contribution in [1.29, 1.82) is 0 Å². The van der Waals surface area contributed by atoms with Gasteiger partial charge in [-0.3, -0.25) is 14.4 Å². The number of carbonyl (C=O) groups is 1. The highest BCUT2D eigenvalue weighted by Crippen LogP contribution is 2.45. The Morgan fingerprint density at radius 1 is 1.15 bits per heavy atom. The fourth-order valence-corrected chi connectivity index (χ4v) is 3.46. The molecule has 3 rings (SSSR count). The van der Waals surface area contributed by atoms with Crippen LogP contribution in [0, 0.1) is 12.7 Å². The van der Waals surface area contributed by atoms with Gasteiger partial charge in [0.25, 0.3) is 5.91 Å². The van der Waals surface area contributed by atoms with Gasteiger partial charge in [0.2, 0.25) is 10.0 Å². The number of sulfonamides is 1. The van der Waals surface area contributed by atoms with E-state index >= 15 is 0 Å². The minimum atomic E-state index is -3.46. The van der Waals surface area contributed by atoms with E-state index in [1.807, 2.05) is 0 Å². The Hall–Kier alpha value is -2.61. The second-order valence-corrected chi connectivity index (χ2v) is 8.49. The van der Waals surface area contributed by atoms with Gasteiger partial charge >= 0.3 is 0 Å². The fraction of sp³-hybridized carbons (Fsp3) is 0.278. The first kappa shape index (κ1) is 18.2. The van der Waals surface area contributed by atoms with Crippen LogP contribution in [0.2, 0.25) is 0 Å². The van der Waals surface area contributed by atoms with E-state index in [0.29, 0.717) is 28.4 Å². The molecule has 2 aromatic carbocycles. The summed E-state index contributed by atoms with van der Waals surface area (Å²) >= 11 is 0. The second kappa shape index (κ2) is 5.98. The number of halogens is 1. The van der Waals surface area contributed by atoms with Crippen molar-refractivity contribution in [2.24, 2.45) is 0 Å². The van der Waals surface area contributed by atoms with Gasteiger partial charge in [-0.2, -0.15) is 0 Å². The standard InChI is InChI=1S/C18H19FN2O4S/c1-11-9-13(20-26(4,23)24)10-15-16(11)21(17(22)18(2,3)25-15)14-7-5-12(19)6-8-14/h5-10,20H,1-4H3. The zero-order valence-corrected chi connectivity index (χ0v) is 15.6. The molecule has 1 aliphatic heterocycles. The van der Waals surface area contributed by atoms with Crippen molar-refractivity contribution in [2.45, 2.75) is 26.4 Å². The molecule has 0 saturated carbocycles. The Bertz CT molecular complexity index is 985. The Morgan fingerprint density at radius 2 is 1.77 bits per heavy atom. The first-order valence-electron chi connectivity index (χ1n) is 7.89. The van der Waals surface area contributed by atoms with Crippen LogP contribution in [-0.2, 0) is 14.8 Å². The Balaban J connectivity index is 2.19. The van der Waals surface area contributed by atoms with Gasteiger partial charge < -0.3 is 4.74 Å². The molecular formula is C18H19FN2O4S. The highest BCUT2D eigenvalue weighted by molar-refractivity contribution is 7.92. The first-order chi connectivity index (χ1) is 12.0. The van der Waals surface area contributed by atoms with Crippen LogP contribution in [0.3, 0.4) is 0 Å². The predicted molar refractivity (Wildman–Crippen MR) is 97.9 cm³/mol. The number of hydrogen-bond donors (Lipinski definition) is 1. The monoisotopic (exact) mass is 378 g/mol. The lowest BCUT2D eigenvalue weighted by molar-refractivity contribution is -0.131. The van der Waals surface area contributed by atoms with Crippen LogP contribution >= 0.6 is 0 Å². The third kappa shape index (κ3) is 3.37. The molecule has 0 radical (unpaired) electrons. The third-order valence-corrected chi connectivity index (χ3v) is 4.57. The van der Waals surface area contributed by atoms with E-state index < -0.39 is 21.4 Å². The second-order valence-electron chi connectivity index (χ2n) is 6.74. The minimum absolute atomic E-state index is 0.302. The molecule has 138 valence electrons. The zero-order chi connectivity index (χ0) is 19.3. The van der Waals surface area contributed by atoms with Crippen LogP contribution in [0.5, 0.6) is 5.75 Å². The number of fused-ring (bicyclic) bond motifs is 1. The molecule has 1 N–H and O–H groups in total. The molecule has 0 spiro atoms. The maximum absolute atomic E-state index is 13.3. The molecule has 0 atom stereocenters. The van der Waals surface area contributed by atoms with Gasteiger partial charge in [0.15, 0.2) is 5.60 Å². The number of hydrogen-bond acceptors (Lipinski definition) is 4. The van der Waals surface area contributed by atoms with E-state index in [1.165, 1.54) is 35.2 Å². The summed E-state index contributed by atoms with van der Waals surface area (Å²) in [5.41, 5.74) is 0.813. The van der Waals surface area contributed by atoms with Gasteiger partial charge in [0, 0.05) is 11.8 Å². The summed E-state index contributed by atoms with van der Waals surface area (Å²) in [6, 6.07) is 8.74. The van der Waals surface area contributed by atoms with Crippen molar-refractivity contribution < 1.29 is 22.3 Å². The molecule has 1 heterocycles. The van der Waals surface area contributed by atoms with Crippen LogP contribution in [0.4, 0.5) is 21.5 Å². The van der Waals surface area contributed by atoms with E-state index in [1.54, 1.807) is 26.8 Å². The lowest BCUT2D eigenvalue weighted by Gasteiger charge is -2.39. The molecule has 8 heteroatoms. The third-order valence-electron chi connectivity index (χ3n) is 3.96. The number of benzene rings is 2. The lowest BCUT2D eigenvalue weighted by Crippen LogP contribution is -2.50. The average molecular weight is 378 g/mol. The van der Waals surface area contributed by atoms with Gasteiger partial charge in [-0.25, -0.2) is 12.8 Å². The van der Waals surface area contributed by atoms with Gasteiger partial charge in [-0.05, 0) is 56.7 Å². The maximum atomic E-state index is 13.3. The van der Waals surface area contributed by atoms with E-state index in [2.05, 4.69) is 4.72 Å². The van der Waals surface area contributed by atoms with E-state index in [4.69, 9.17) is 4.74 Å². The molecule has 0 unspecified atom stereocenters. The Labute approximate surface area is 151 Å².